The zero-order valence-corrected chi connectivity index (χ0v) is 12.0. The lowest BCUT2D eigenvalue weighted by Crippen LogP contribution is -2.30. The molecule has 2 aromatic carbocycles. The van der Waals surface area contributed by atoms with Crippen molar-refractivity contribution in [1.82, 2.24) is 5.32 Å². The van der Waals surface area contributed by atoms with Crippen molar-refractivity contribution in [3.05, 3.63) is 70.7 Å². The largest absolute Gasteiger partial charge is 0.355 e. The smallest absolute Gasteiger partial charge is 0.228 e. The molecular formula is C17H16ClNO. The van der Waals surface area contributed by atoms with Crippen LogP contribution in [0.4, 0.5) is 0 Å². The SMILES string of the molecule is CC1(c2ccc(Cl)cc2)CNC(=O)C1c1ccccc1. The fourth-order valence-corrected chi connectivity index (χ4v) is 3.15. The predicted molar refractivity (Wildman–Crippen MR) is 81.0 cm³/mol. The highest BCUT2D eigenvalue weighted by Gasteiger charge is 2.46. The van der Waals surface area contributed by atoms with Crippen LogP contribution >= 0.6 is 11.6 Å². The number of benzene rings is 2. The number of carbonyl (C=O) groups is 1. The molecule has 2 unspecified atom stereocenters. The molecule has 1 amide bonds. The Balaban J connectivity index is 2.07. The van der Waals surface area contributed by atoms with E-state index in [0.29, 0.717) is 11.6 Å². The summed E-state index contributed by atoms with van der Waals surface area (Å²) in [5, 5.41) is 3.71. The molecule has 2 atom stereocenters. The van der Waals surface area contributed by atoms with Crippen LogP contribution in [0.1, 0.15) is 24.0 Å². The molecule has 1 N–H and O–H groups in total. The summed E-state index contributed by atoms with van der Waals surface area (Å²) >= 11 is 5.96. The maximum absolute atomic E-state index is 12.3. The van der Waals surface area contributed by atoms with E-state index in [1.165, 1.54) is 0 Å². The number of carbonyl (C=O) groups excluding carboxylic acids is 1. The fourth-order valence-electron chi connectivity index (χ4n) is 3.03. The molecule has 20 heavy (non-hydrogen) atoms. The topological polar surface area (TPSA) is 29.1 Å². The van der Waals surface area contributed by atoms with Gasteiger partial charge in [0.25, 0.3) is 0 Å². The van der Waals surface area contributed by atoms with E-state index in [1.54, 1.807) is 0 Å². The molecule has 3 rings (SSSR count). The van der Waals surface area contributed by atoms with Gasteiger partial charge in [-0.2, -0.15) is 0 Å². The molecule has 0 aromatic heterocycles. The Morgan fingerprint density at radius 2 is 1.75 bits per heavy atom. The van der Waals surface area contributed by atoms with Gasteiger partial charge in [0.2, 0.25) is 5.91 Å². The van der Waals surface area contributed by atoms with Crippen molar-refractivity contribution in [3.63, 3.8) is 0 Å². The minimum absolute atomic E-state index is 0.0913. The second-order valence-electron chi connectivity index (χ2n) is 5.49. The van der Waals surface area contributed by atoms with Crippen molar-refractivity contribution >= 4 is 17.5 Å². The van der Waals surface area contributed by atoms with Gasteiger partial charge >= 0.3 is 0 Å². The highest BCUT2D eigenvalue weighted by molar-refractivity contribution is 6.30. The fraction of sp³-hybridized carbons (Fsp3) is 0.235. The Bertz CT molecular complexity index is 623. The maximum Gasteiger partial charge on any atom is 0.228 e. The Labute approximate surface area is 123 Å². The molecule has 2 aromatic rings. The third-order valence-corrected chi connectivity index (χ3v) is 4.42. The number of nitrogens with one attached hydrogen (secondary N) is 1. The molecule has 0 radical (unpaired) electrons. The number of hydrogen-bond donors (Lipinski definition) is 1. The van der Waals surface area contributed by atoms with Gasteiger partial charge in [0.1, 0.15) is 0 Å². The van der Waals surface area contributed by atoms with E-state index in [4.69, 9.17) is 11.6 Å². The maximum atomic E-state index is 12.3. The second-order valence-corrected chi connectivity index (χ2v) is 5.92. The van der Waals surface area contributed by atoms with Crippen LogP contribution in [0.3, 0.4) is 0 Å². The summed E-state index contributed by atoms with van der Waals surface area (Å²) in [6, 6.07) is 17.7. The molecule has 0 saturated carbocycles. The van der Waals surface area contributed by atoms with Gasteiger partial charge in [0, 0.05) is 17.0 Å². The molecule has 3 heteroatoms. The van der Waals surface area contributed by atoms with Crippen molar-refractivity contribution in [1.29, 1.82) is 0 Å². The first-order valence-electron chi connectivity index (χ1n) is 6.70. The molecule has 0 spiro atoms. The molecular weight excluding hydrogens is 270 g/mol. The van der Waals surface area contributed by atoms with Crippen LogP contribution in [0.2, 0.25) is 5.02 Å². The summed E-state index contributed by atoms with van der Waals surface area (Å²) in [5.74, 6) is -0.0708. The normalized spacial score (nSPS) is 25.5. The van der Waals surface area contributed by atoms with Crippen LogP contribution in [0.15, 0.2) is 54.6 Å². The van der Waals surface area contributed by atoms with E-state index in [9.17, 15) is 4.79 Å². The zero-order chi connectivity index (χ0) is 14.2. The Morgan fingerprint density at radius 1 is 1.10 bits per heavy atom. The predicted octanol–water partition coefficient (Wildman–Crippen LogP) is 3.51. The highest BCUT2D eigenvalue weighted by Crippen LogP contribution is 2.42. The Kier molecular flexibility index (Phi) is 3.27. The van der Waals surface area contributed by atoms with Gasteiger partial charge in [-0.1, -0.05) is 61.0 Å². The van der Waals surface area contributed by atoms with Crippen molar-refractivity contribution in [2.24, 2.45) is 0 Å². The number of amides is 1. The lowest BCUT2D eigenvalue weighted by atomic mass is 9.71. The molecule has 2 nitrogen and oxygen atoms in total. The van der Waals surface area contributed by atoms with Gasteiger partial charge in [0.05, 0.1) is 5.92 Å². The van der Waals surface area contributed by atoms with Gasteiger partial charge in [-0.15, -0.1) is 0 Å². The van der Waals surface area contributed by atoms with Gasteiger partial charge < -0.3 is 5.32 Å². The van der Waals surface area contributed by atoms with Crippen LogP contribution in [0, 0.1) is 0 Å². The summed E-state index contributed by atoms with van der Waals surface area (Å²) in [7, 11) is 0. The van der Waals surface area contributed by atoms with E-state index < -0.39 is 0 Å². The van der Waals surface area contributed by atoms with E-state index in [1.807, 2.05) is 54.6 Å². The summed E-state index contributed by atoms with van der Waals surface area (Å²) in [6.45, 7) is 2.78. The molecule has 102 valence electrons. The van der Waals surface area contributed by atoms with Crippen LogP contribution < -0.4 is 5.32 Å². The number of halogens is 1. The lowest BCUT2D eigenvalue weighted by molar-refractivity contribution is -0.120. The Hall–Kier alpha value is -1.80. The number of rotatable bonds is 2. The molecule has 1 saturated heterocycles. The van der Waals surface area contributed by atoms with Crippen LogP contribution in [0.5, 0.6) is 0 Å². The van der Waals surface area contributed by atoms with E-state index in [2.05, 4.69) is 12.2 Å². The first-order chi connectivity index (χ1) is 9.61. The average molecular weight is 286 g/mol. The van der Waals surface area contributed by atoms with Crippen molar-refractivity contribution in [2.45, 2.75) is 18.3 Å². The molecule has 1 aliphatic heterocycles. The molecule has 0 bridgehead atoms. The first-order valence-corrected chi connectivity index (χ1v) is 7.08. The summed E-state index contributed by atoms with van der Waals surface area (Å²) < 4.78 is 0. The van der Waals surface area contributed by atoms with Gasteiger partial charge in [0.15, 0.2) is 0 Å². The summed E-state index contributed by atoms with van der Waals surface area (Å²) in [4.78, 5) is 12.3. The third kappa shape index (κ3) is 2.10. The molecule has 1 aliphatic rings. The van der Waals surface area contributed by atoms with Crippen molar-refractivity contribution in [3.8, 4) is 0 Å². The minimum atomic E-state index is -0.247. The lowest BCUT2D eigenvalue weighted by Gasteiger charge is -2.30. The monoisotopic (exact) mass is 285 g/mol. The molecule has 1 fully saturated rings. The highest BCUT2D eigenvalue weighted by atomic mass is 35.5. The van der Waals surface area contributed by atoms with Crippen molar-refractivity contribution in [2.75, 3.05) is 6.54 Å². The second kappa shape index (κ2) is 4.95. The van der Waals surface area contributed by atoms with E-state index in [-0.39, 0.29) is 17.2 Å². The van der Waals surface area contributed by atoms with Gasteiger partial charge in [-0.05, 0) is 23.3 Å². The standard InChI is InChI=1S/C17H16ClNO/c1-17(13-7-9-14(18)10-8-13)11-19-16(20)15(17)12-5-3-2-4-6-12/h2-10,15H,11H2,1H3,(H,19,20). The molecule has 1 heterocycles. The zero-order valence-electron chi connectivity index (χ0n) is 11.3. The van der Waals surface area contributed by atoms with Gasteiger partial charge in [-0.3, -0.25) is 4.79 Å². The Morgan fingerprint density at radius 3 is 2.40 bits per heavy atom. The van der Waals surface area contributed by atoms with Crippen LogP contribution in [-0.2, 0) is 10.2 Å². The first kappa shape index (κ1) is 13.2. The minimum Gasteiger partial charge on any atom is -0.355 e. The average Bonchev–Trinajstić information content (AvgIpc) is 2.77. The van der Waals surface area contributed by atoms with Crippen LogP contribution in [0.25, 0.3) is 0 Å². The summed E-state index contributed by atoms with van der Waals surface area (Å²) in [6.07, 6.45) is 0. The number of hydrogen-bond acceptors (Lipinski definition) is 1. The van der Waals surface area contributed by atoms with Gasteiger partial charge in [-0.25, -0.2) is 0 Å². The molecule has 0 aliphatic carbocycles. The van der Waals surface area contributed by atoms with Crippen LogP contribution in [-0.4, -0.2) is 12.5 Å². The summed E-state index contributed by atoms with van der Waals surface area (Å²) in [5.41, 5.74) is 1.94. The van der Waals surface area contributed by atoms with E-state index in [0.717, 1.165) is 11.1 Å². The third-order valence-electron chi connectivity index (χ3n) is 4.17. The van der Waals surface area contributed by atoms with Crippen molar-refractivity contribution < 1.29 is 4.79 Å². The van der Waals surface area contributed by atoms with E-state index >= 15 is 0 Å². The quantitative estimate of drug-likeness (QED) is 0.899.